The van der Waals surface area contributed by atoms with Gasteiger partial charge in [0.1, 0.15) is 4.90 Å². The molecule has 0 atom stereocenters. The highest BCUT2D eigenvalue weighted by atomic mass is 32.2. The maximum atomic E-state index is 12.5. The Hall–Kier alpha value is -2.43. The monoisotopic (exact) mass is 450 g/mol. The topological polar surface area (TPSA) is 99.7 Å². The van der Waals surface area contributed by atoms with Crippen molar-refractivity contribution in [3.8, 4) is 0 Å². The molecule has 0 radical (unpaired) electrons. The van der Waals surface area contributed by atoms with Gasteiger partial charge >= 0.3 is 0 Å². The van der Waals surface area contributed by atoms with Crippen LogP contribution in [0.5, 0.6) is 0 Å². The Morgan fingerprint density at radius 1 is 1.10 bits per heavy atom. The fourth-order valence-electron chi connectivity index (χ4n) is 2.58. The zero-order valence-corrected chi connectivity index (χ0v) is 19.1. The van der Waals surface area contributed by atoms with Gasteiger partial charge in [0.15, 0.2) is 0 Å². The number of nitrogens with zero attached hydrogens (tertiary/aromatic N) is 3. The van der Waals surface area contributed by atoms with E-state index in [1.54, 1.807) is 35.2 Å². The van der Waals surface area contributed by atoms with Crippen molar-refractivity contribution in [1.82, 2.24) is 14.2 Å². The molecule has 0 aliphatic rings. The van der Waals surface area contributed by atoms with Gasteiger partial charge in [-0.05, 0) is 44.2 Å². The molecule has 0 aliphatic carbocycles. The second-order valence-corrected chi connectivity index (χ2v) is 9.66. The Labute approximate surface area is 181 Å². The van der Waals surface area contributed by atoms with E-state index in [0.717, 1.165) is 4.31 Å². The molecule has 0 aliphatic heterocycles. The second kappa shape index (κ2) is 10.6. The summed E-state index contributed by atoms with van der Waals surface area (Å²) in [5, 5.41) is 3.31. The summed E-state index contributed by atoms with van der Waals surface area (Å²) >= 11 is 1.19. The largest absolute Gasteiger partial charge is 0.339 e. The fraction of sp³-hybridized carbons (Fsp3) is 0.350. The first-order valence-electron chi connectivity index (χ1n) is 9.39. The number of pyridine rings is 1. The molecule has 1 aromatic carbocycles. The van der Waals surface area contributed by atoms with Crippen LogP contribution >= 0.6 is 11.8 Å². The van der Waals surface area contributed by atoms with E-state index in [2.05, 4.69) is 10.3 Å². The Morgan fingerprint density at radius 2 is 1.80 bits per heavy atom. The van der Waals surface area contributed by atoms with Crippen LogP contribution in [0.15, 0.2) is 52.5 Å². The molecule has 162 valence electrons. The minimum Gasteiger partial charge on any atom is -0.339 e. The molecule has 30 heavy (non-hydrogen) atoms. The van der Waals surface area contributed by atoms with Crippen molar-refractivity contribution in [1.29, 1.82) is 0 Å². The molecule has 8 nitrogen and oxygen atoms in total. The van der Waals surface area contributed by atoms with Crippen molar-refractivity contribution in [2.45, 2.75) is 23.8 Å². The first-order valence-corrected chi connectivity index (χ1v) is 11.8. The maximum absolute atomic E-state index is 12.5. The number of rotatable bonds is 9. The molecular formula is C20H26N4O4S2. The summed E-state index contributed by atoms with van der Waals surface area (Å²) in [5.41, 5.74) is 1.06. The highest BCUT2D eigenvalue weighted by molar-refractivity contribution is 7.99. The van der Waals surface area contributed by atoms with Crippen molar-refractivity contribution in [3.05, 3.63) is 48.2 Å². The van der Waals surface area contributed by atoms with E-state index in [1.165, 1.54) is 38.1 Å². The van der Waals surface area contributed by atoms with E-state index in [1.807, 2.05) is 13.8 Å². The van der Waals surface area contributed by atoms with Crippen LogP contribution in [0.1, 0.15) is 24.2 Å². The summed E-state index contributed by atoms with van der Waals surface area (Å²) in [6.45, 7) is 5.07. The van der Waals surface area contributed by atoms with Gasteiger partial charge in [0.25, 0.3) is 5.91 Å². The van der Waals surface area contributed by atoms with Gasteiger partial charge in [0.05, 0.1) is 10.8 Å². The average Bonchev–Trinajstić information content (AvgIpc) is 2.73. The van der Waals surface area contributed by atoms with Gasteiger partial charge in [0, 0.05) is 44.6 Å². The first kappa shape index (κ1) is 23.8. The van der Waals surface area contributed by atoms with E-state index in [-0.39, 0.29) is 22.5 Å². The van der Waals surface area contributed by atoms with Crippen molar-refractivity contribution in [2.75, 3.05) is 38.3 Å². The number of thioether (sulfide) groups is 1. The molecule has 2 amide bonds. The fourth-order valence-corrected chi connectivity index (χ4v) is 4.07. The van der Waals surface area contributed by atoms with Crippen LogP contribution in [-0.2, 0) is 14.8 Å². The standard InChI is InChI=1S/C20H26N4O4S2/c1-5-24(6-2)20(26)15-8-7-9-16(12-15)22-18(25)14-29-19-11-10-17(13-21-19)30(27,28)23(3)4/h7-13H,5-6,14H2,1-4H3,(H,22,25). The number of hydrogen-bond donors (Lipinski definition) is 1. The molecule has 1 N–H and O–H groups in total. The predicted octanol–water partition coefficient (Wildman–Crippen LogP) is 2.54. The van der Waals surface area contributed by atoms with Crippen LogP contribution in [0, 0.1) is 0 Å². The number of benzene rings is 1. The molecule has 0 fully saturated rings. The molecule has 10 heteroatoms. The van der Waals surface area contributed by atoms with E-state index < -0.39 is 10.0 Å². The number of carbonyl (C=O) groups is 2. The summed E-state index contributed by atoms with van der Waals surface area (Å²) < 4.78 is 25.2. The number of aromatic nitrogens is 1. The van der Waals surface area contributed by atoms with E-state index in [9.17, 15) is 18.0 Å². The number of sulfonamides is 1. The van der Waals surface area contributed by atoms with Gasteiger partial charge in [-0.2, -0.15) is 0 Å². The summed E-state index contributed by atoms with van der Waals surface area (Å²) in [6, 6.07) is 9.86. The molecule has 2 aromatic rings. The lowest BCUT2D eigenvalue weighted by Gasteiger charge is -2.19. The average molecular weight is 451 g/mol. The van der Waals surface area contributed by atoms with Crippen molar-refractivity contribution >= 4 is 39.3 Å². The molecule has 0 saturated carbocycles. The van der Waals surface area contributed by atoms with Gasteiger partial charge < -0.3 is 10.2 Å². The summed E-state index contributed by atoms with van der Waals surface area (Å²) in [5.74, 6) is -0.234. The molecular weight excluding hydrogens is 424 g/mol. The number of anilines is 1. The molecule has 1 aromatic heterocycles. The Bertz CT molecular complexity index is 988. The van der Waals surface area contributed by atoms with Gasteiger partial charge in [-0.3, -0.25) is 9.59 Å². The zero-order valence-electron chi connectivity index (χ0n) is 17.5. The van der Waals surface area contributed by atoms with Gasteiger partial charge in [-0.25, -0.2) is 17.7 Å². The van der Waals surface area contributed by atoms with Crippen molar-refractivity contribution in [3.63, 3.8) is 0 Å². The molecule has 1 heterocycles. The SMILES string of the molecule is CCN(CC)C(=O)c1cccc(NC(=O)CSc2ccc(S(=O)(=O)N(C)C)cn2)c1. The molecule has 0 unspecified atom stereocenters. The van der Waals surface area contributed by atoms with Gasteiger partial charge in [-0.1, -0.05) is 17.8 Å². The summed E-state index contributed by atoms with van der Waals surface area (Å²) in [4.78, 5) is 30.6. The van der Waals surface area contributed by atoms with Crippen LogP contribution in [0.3, 0.4) is 0 Å². The van der Waals surface area contributed by atoms with Crippen molar-refractivity contribution in [2.24, 2.45) is 0 Å². The van der Waals surface area contributed by atoms with Crippen LogP contribution < -0.4 is 5.32 Å². The Kier molecular flexibility index (Phi) is 8.39. The van der Waals surface area contributed by atoms with Crippen LogP contribution in [0.25, 0.3) is 0 Å². The lowest BCUT2D eigenvalue weighted by atomic mass is 10.1. The highest BCUT2D eigenvalue weighted by Gasteiger charge is 2.17. The maximum Gasteiger partial charge on any atom is 0.253 e. The second-order valence-electron chi connectivity index (χ2n) is 6.51. The van der Waals surface area contributed by atoms with E-state index in [4.69, 9.17) is 0 Å². The minimum absolute atomic E-state index is 0.0811. The zero-order chi connectivity index (χ0) is 22.3. The first-order chi connectivity index (χ1) is 14.2. The molecule has 0 spiro atoms. The Balaban J connectivity index is 1.97. The smallest absolute Gasteiger partial charge is 0.253 e. The number of hydrogen-bond acceptors (Lipinski definition) is 6. The van der Waals surface area contributed by atoms with Gasteiger partial charge in [0.2, 0.25) is 15.9 Å². The van der Waals surface area contributed by atoms with Crippen LogP contribution in [-0.4, -0.2) is 67.4 Å². The summed E-state index contributed by atoms with van der Waals surface area (Å²) in [6.07, 6.45) is 1.28. The third-order valence-electron chi connectivity index (χ3n) is 4.28. The number of amides is 2. The summed E-state index contributed by atoms with van der Waals surface area (Å²) in [7, 11) is -0.633. The molecule has 0 saturated heterocycles. The lowest BCUT2D eigenvalue weighted by Crippen LogP contribution is -2.30. The third-order valence-corrected chi connectivity index (χ3v) is 7.03. The third kappa shape index (κ3) is 6.04. The number of carbonyl (C=O) groups excluding carboxylic acids is 2. The van der Waals surface area contributed by atoms with E-state index in [0.29, 0.717) is 29.4 Å². The predicted molar refractivity (Wildman–Crippen MR) is 118 cm³/mol. The Morgan fingerprint density at radius 3 is 2.37 bits per heavy atom. The quantitative estimate of drug-likeness (QED) is 0.590. The van der Waals surface area contributed by atoms with Crippen LogP contribution in [0.4, 0.5) is 5.69 Å². The number of nitrogens with one attached hydrogen (secondary N) is 1. The minimum atomic E-state index is -3.54. The highest BCUT2D eigenvalue weighted by Crippen LogP contribution is 2.19. The van der Waals surface area contributed by atoms with Gasteiger partial charge in [-0.15, -0.1) is 0 Å². The molecule has 2 rings (SSSR count). The van der Waals surface area contributed by atoms with Crippen molar-refractivity contribution < 1.29 is 18.0 Å². The van der Waals surface area contributed by atoms with E-state index >= 15 is 0 Å². The van der Waals surface area contributed by atoms with Crippen LogP contribution in [0.2, 0.25) is 0 Å². The lowest BCUT2D eigenvalue weighted by molar-refractivity contribution is -0.113. The normalized spacial score (nSPS) is 11.4. The molecule has 0 bridgehead atoms.